The van der Waals surface area contributed by atoms with E-state index in [0.717, 1.165) is 16.4 Å². The standard InChI is InChI=1S/C29H41F3N3PSi3/c1-37(2,3)33-28(24-20-22-25(23-21-24)29(30,31)32)35(39(7,8)9)36(34-38(4,5)6,26-16-12-10-13-17-26)27-18-14-11-15-19-27/h10-23H,1-9H3/b33-28+. The number of rotatable bonds is 7. The smallest absolute Gasteiger partial charge is 0.346 e. The number of nitrogens with zero attached hydrogens (tertiary/aromatic N) is 3. The highest BCUT2D eigenvalue weighted by Gasteiger charge is 2.43. The lowest BCUT2D eigenvalue weighted by atomic mass is 10.1. The van der Waals surface area contributed by atoms with Crippen molar-refractivity contribution in [1.29, 1.82) is 0 Å². The first-order valence-corrected chi connectivity index (χ1v) is 25.2. The summed E-state index contributed by atoms with van der Waals surface area (Å²) in [5, 5.41) is 2.27. The molecule has 0 aliphatic carbocycles. The second-order valence-electron chi connectivity index (χ2n) is 12.7. The summed E-state index contributed by atoms with van der Waals surface area (Å²) in [6.45, 7) is 20.1. The number of alkyl halides is 3. The van der Waals surface area contributed by atoms with Gasteiger partial charge in [0.15, 0.2) is 24.7 Å². The van der Waals surface area contributed by atoms with Crippen molar-refractivity contribution < 1.29 is 13.2 Å². The summed E-state index contributed by atoms with van der Waals surface area (Å²) >= 11 is 0. The topological polar surface area (TPSA) is 28.0 Å². The third-order valence-electron chi connectivity index (χ3n) is 5.71. The SMILES string of the molecule is C[Si](C)(C)N=P(c1ccccc1)(c1ccccc1)N(/C(=N/[Si](C)(C)C)c1ccc(C(F)(F)F)cc1)[Si](C)(C)C. The van der Waals surface area contributed by atoms with Crippen molar-refractivity contribution in [2.75, 3.05) is 0 Å². The van der Waals surface area contributed by atoms with Crippen LogP contribution < -0.4 is 10.6 Å². The maximum absolute atomic E-state index is 13.5. The molecular formula is C29H41F3N3PSi3. The molecule has 0 aliphatic rings. The summed E-state index contributed by atoms with van der Waals surface area (Å²) in [5.74, 6) is 0.769. The molecule has 10 heteroatoms. The van der Waals surface area contributed by atoms with Crippen LogP contribution in [0.2, 0.25) is 58.9 Å². The highest BCUT2D eigenvalue weighted by molar-refractivity contribution is 7.81. The molecule has 0 atom stereocenters. The van der Waals surface area contributed by atoms with Gasteiger partial charge in [0.25, 0.3) is 0 Å². The van der Waals surface area contributed by atoms with Crippen LogP contribution in [0.25, 0.3) is 0 Å². The van der Waals surface area contributed by atoms with Crippen LogP contribution in [0.4, 0.5) is 13.2 Å². The van der Waals surface area contributed by atoms with Gasteiger partial charge in [-0.2, -0.15) is 13.2 Å². The first kappa shape index (κ1) is 31.3. The Kier molecular flexibility index (Phi) is 9.12. The number of benzene rings is 3. The molecule has 0 unspecified atom stereocenters. The van der Waals surface area contributed by atoms with E-state index in [0.29, 0.717) is 5.56 Å². The lowest BCUT2D eigenvalue weighted by Gasteiger charge is -2.49. The Labute approximate surface area is 235 Å². The quantitative estimate of drug-likeness (QED) is 0.115. The summed E-state index contributed by atoms with van der Waals surface area (Å²) < 4.78 is 54.3. The Balaban J connectivity index is 2.56. The fourth-order valence-electron chi connectivity index (χ4n) is 4.50. The fourth-order valence-corrected chi connectivity index (χ4v) is 18.1. The van der Waals surface area contributed by atoms with Gasteiger partial charge < -0.3 is 13.4 Å². The first-order chi connectivity index (χ1) is 17.8. The first-order valence-electron chi connectivity index (χ1n) is 13.2. The molecule has 0 bridgehead atoms. The number of hydrogen-bond acceptors (Lipinski definition) is 2. The molecule has 0 aromatic heterocycles. The second-order valence-corrected chi connectivity index (χ2v) is 30.2. The maximum Gasteiger partial charge on any atom is 0.416 e. The van der Waals surface area contributed by atoms with Crippen LogP contribution in [0.3, 0.4) is 0 Å². The molecule has 39 heavy (non-hydrogen) atoms. The summed E-state index contributed by atoms with van der Waals surface area (Å²) in [5.41, 5.74) is 0.0481. The molecule has 3 nitrogen and oxygen atoms in total. The highest BCUT2D eigenvalue weighted by Crippen LogP contribution is 2.56. The molecule has 0 fully saturated rings. The lowest BCUT2D eigenvalue weighted by molar-refractivity contribution is -0.137. The summed E-state index contributed by atoms with van der Waals surface area (Å²) in [4.78, 5) is 0. The average molecular weight is 604 g/mol. The zero-order valence-electron chi connectivity index (χ0n) is 24.5. The molecule has 0 N–H and O–H groups in total. The van der Waals surface area contributed by atoms with Crippen molar-refractivity contribution in [3.8, 4) is 0 Å². The van der Waals surface area contributed by atoms with Gasteiger partial charge in [0.1, 0.15) is 5.84 Å². The van der Waals surface area contributed by atoms with E-state index in [1.54, 1.807) is 12.1 Å². The van der Waals surface area contributed by atoms with Crippen LogP contribution in [0, 0.1) is 0 Å². The number of halogens is 3. The Morgan fingerprint density at radius 2 is 1.08 bits per heavy atom. The van der Waals surface area contributed by atoms with Crippen molar-refractivity contribution in [3.05, 3.63) is 96.1 Å². The third-order valence-corrected chi connectivity index (χ3v) is 17.1. The van der Waals surface area contributed by atoms with Crippen LogP contribution in [0.15, 0.2) is 94.0 Å². The Bertz CT molecular complexity index is 1300. The van der Waals surface area contributed by atoms with Gasteiger partial charge in [-0.15, -0.1) is 0 Å². The van der Waals surface area contributed by atoms with Crippen LogP contribution in [-0.2, 0) is 6.18 Å². The van der Waals surface area contributed by atoms with E-state index in [9.17, 15) is 13.2 Å². The molecule has 0 heterocycles. The van der Waals surface area contributed by atoms with Gasteiger partial charge in [0.2, 0.25) is 0 Å². The average Bonchev–Trinajstić information content (AvgIpc) is 2.81. The highest BCUT2D eigenvalue weighted by atomic mass is 31.2. The summed E-state index contributed by atoms with van der Waals surface area (Å²) in [6, 6.07) is 26.5. The summed E-state index contributed by atoms with van der Waals surface area (Å²) in [7, 11) is -9.13. The van der Waals surface area contributed by atoms with Crippen molar-refractivity contribution in [1.82, 2.24) is 4.34 Å². The van der Waals surface area contributed by atoms with E-state index < -0.39 is 43.7 Å². The van der Waals surface area contributed by atoms with Gasteiger partial charge in [0.05, 0.1) is 12.8 Å². The van der Waals surface area contributed by atoms with Crippen molar-refractivity contribution in [3.63, 3.8) is 0 Å². The minimum absolute atomic E-state index is 0.655. The molecule has 3 aromatic rings. The van der Waals surface area contributed by atoms with Gasteiger partial charge in [-0.1, -0.05) is 92.4 Å². The molecule has 0 saturated heterocycles. The third kappa shape index (κ3) is 7.72. The second kappa shape index (κ2) is 11.4. The normalized spacial score (nSPS) is 13.8. The van der Waals surface area contributed by atoms with Gasteiger partial charge >= 0.3 is 6.18 Å². The lowest BCUT2D eigenvalue weighted by Crippen LogP contribution is -2.53. The Morgan fingerprint density at radius 3 is 1.41 bits per heavy atom. The van der Waals surface area contributed by atoms with E-state index >= 15 is 0 Å². The minimum atomic E-state index is -4.40. The van der Waals surface area contributed by atoms with Gasteiger partial charge in [-0.3, -0.25) is 0 Å². The van der Waals surface area contributed by atoms with E-state index in [4.69, 9.17) is 9.07 Å². The van der Waals surface area contributed by atoms with Crippen molar-refractivity contribution >= 4 is 48.4 Å². The van der Waals surface area contributed by atoms with Crippen LogP contribution in [0.5, 0.6) is 0 Å². The van der Waals surface area contributed by atoms with Crippen LogP contribution >= 0.6 is 7.21 Å². The zero-order chi connectivity index (χ0) is 29.3. The number of amidine groups is 1. The minimum Gasteiger partial charge on any atom is -0.346 e. The van der Waals surface area contributed by atoms with Crippen LogP contribution in [0.1, 0.15) is 11.1 Å². The molecule has 3 rings (SSSR count). The molecule has 3 aromatic carbocycles. The summed E-state index contributed by atoms with van der Waals surface area (Å²) in [6.07, 6.45) is -4.40. The number of hydrogen-bond donors (Lipinski definition) is 0. The van der Waals surface area contributed by atoms with E-state index in [1.165, 1.54) is 12.1 Å². The van der Waals surface area contributed by atoms with E-state index in [1.807, 2.05) is 12.1 Å². The predicted molar refractivity (Wildman–Crippen MR) is 171 cm³/mol. The van der Waals surface area contributed by atoms with Gasteiger partial charge in [-0.05, 0) is 51.4 Å². The Morgan fingerprint density at radius 1 is 0.641 bits per heavy atom. The molecule has 0 amide bonds. The van der Waals surface area contributed by atoms with Gasteiger partial charge in [-0.25, -0.2) is 0 Å². The van der Waals surface area contributed by atoms with E-state index in [2.05, 4.69) is 112 Å². The van der Waals surface area contributed by atoms with Gasteiger partial charge in [0, 0.05) is 16.2 Å². The fraction of sp³-hybridized carbons (Fsp3) is 0.345. The van der Waals surface area contributed by atoms with Crippen molar-refractivity contribution in [2.24, 2.45) is 9.07 Å². The maximum atomic E-state index is 13.5. The van der Waals surface area contributed by atoms with E-state index in [-0.39, 0.29) is 0 Å². The predicted octanol–water partition coefficient (Wildman–Crippen LogP) is 9.03. The molecule has 0 spiro atoms. The molecular weight excluding hydrogens is 563 g/mol. The molecule has 0 aliphatic heterocycles. The Hall–Kier alpha value is -2.20. The van der Waals surface area contributed by atoms with Crippen molar-refractivity contribution in [2.45, 2.75) is 65.1 Å². The van der Waals surface area contributed by atoms with Crippen LogP contribution in [-0.4, -0.2) is 34.9 Å². The molecule has 0 saturated carbocycles. The zero-order valence-corrected chi connectivity index (χ0v) is 28.4. The largest absolute Gasteiger partial charge is 0.416 e. The molecule has 0 radical (unpaired) electrons. The monoisotopic (exact) mass is 603 g/mol. The molecule has 210 valence electrons.